The molecule has 1 aromatic carbocycles. The van der Waals surface area contributed by atoms with Crippen molar-refractivity contribution in [2.45, 2.75) is 19.5 Å². The van der Waals surface area contributed by atoms with Gasteiger partial charge in [0.15, 0.2) is 5.82 Å². The Morgan fingerprint density at radius 3 is 2.93 bits per heavy atom. The molecule has 4 aromatic rings. The van der Waals surface area contributed by atoms with Gasteiger partial charge in [-0.05, 0) is 23.6 Å². The maximum absolute atomic E-state index is 12.7. The summed E-state index contributed by atoms with van der Waals surface area (Å²) < 4.78 is 0. The van der Waals surface area contributed by atoms with Gasteiger partial charge in [0.1, 0.15) is 5.15 Å². The number of rotatable bonds is 3. The summed E-state index contributed by atoms with van der Waals surface area (Å²) in [6.07, 6.45) is 0.746. The van der Waals surface area contributed by atoms with E-state index in [1.807, 2.05) is 41.8 Å². The lowest BCUT2D eigenvalue weighted by Gasteiger charge is -2.28. The van der Waals surface area contributed by atoms with E-state index in [2.05, 4.69) is 20.9 Å². The third-order valence-corrected chi connectivity index (χ3v) is 6.25. The van der Waals surface area contributed by atoms with E-state index in [0.717, 1.165) is 45.6 Å². The van der Waals surface area contributed by atoms with Gasteiger partial charge in [0.05, 0.1) is 21.7 Å². The molecule has 7 heteroatoms. The largest absolute Gasteiger partial charge is 0.306 e. The van der Waals surface area contributed by atoms with Crippen LogP contribution in [0.5, 0.6) is 0 Å². The van der Waals surface area contributed by atoms with Gasteiger partial charge in [-0.15, -0.1) is 11.3 Å². The Morgan fingerprint density at radius 1 is 1.18 bits per heavy atom. The molecule has 5 nitrogen and oxygen atoms in total. The Balaban J connectivity index is 1.42. The van der Waals surface area contributed by atoms with Crippen molar-refractivity contribution >= 4 is 33.8 Å². The molecular weight excluding hydrogens is 392 g/mol. The summed E-state index contributed by atoms with van der Waals surface area (Å²) in [6.45, 7) is 2.05. The molecule has 0 radical (unpaired) electrons. The number of thiophene rings is 1. The summed E-state index contributed by atoms with van der Waals surface area (Å²) in [5.74, 6) is 0.661. The fraction of sp³-hybridized carbons (Fsp3) is 0.190. The first-order valence-corrected chi connectivity index (χ1v) is 10.4. The second-order valence-corrected chi connectivity index (χ2v) is 8.21. The predicted octanol–water partition coefficient (Wildman–Crippen LogP) is 4.26. The van der Waals surface area contributed by atoms with Crippen LogP contribution in [-0.4, -0.2) is 26.4 Å². The van der Waals surface area contributed by atoms with E-state index in [0.29, 0.717) is 24.1 Å². The molecule has 28 heavy (non-hydrogen) atoms. The normalized spacial score (nSPS) is 14.3. The van der Waals surface area contributed by atoms with Gasteiger partial charge in [0, 0.05) is 37.0 Å². The molecule has 0 bridgehead atoms. The minimum atomic E-state index is -0.0548. The van der Waals surface area contributed by atoms with Gasteiger partial charge in [-0.3, -0.25) is 9.69 Å². The van der Waals surface area contributed by atoms with Gasteiger partial charge in [0.2, 0.25) is 0 Å². The van der Waals surface area contributed by atoms with Gasteiger partial charge in [-0.2, -0.15) is 0 Å². The summed E-state index contributed by atoms with van der Waals surface area (Å²) >= 11 is 7.99. The molecule has 0 amide bonds. The lowest BCUT2D eigenvalue weighted by atomic mass is 10.1. The Bertz CT molecular complexity index is 1220. The summed E-state index contributed by atoms with van der Waals surface area (Å²) in [5.41, 5.74) is 3.45. The average molecular weight is 409 g/mol. The number of hydrogen-bond acceptors (Lipinski definition) is 5. The van der Waals surface area contributed by atoms with Crippen LogP contribution in [0.25, 0.3) is 21.6 Å². The number of para-hydroxylation sites is 1. The third kappa shape index (κ3) is 3.24. The number of nitrogens with zero attached hydrogens (tertiary/aromatic N) is 3. The molecule has 0 spiro atoms. The van der Waals surface area contributed by atoms with Crippen LogP contribution < -0.4 is 5.56 Å². The second kappa shape index (κ2) is 7.13. The lowest BCUT2D eigenvalue weighted by molar-refractivity contribution is 0.242. The highest BCUT2D eigenvalue weighted by Crippen LogP contribution is 2.25. The van der Waals surface area contributed by atoms with Gasteiger partial charge >= 0.3 is 0 Å². The highest BCUT2D eigenvalue weighted by atomic mass is 35.5. The van der Waals surface area contributed by atoms with Gasteiger partial charge < -0.3 is 4.98 Å². The number of pyridine rings is 1. The number of benzene rings is 1. The van der Waals surface area contributed by atoms with Crippen LogP contribution >= 0.6 is 22.9 Å². The van der Waals surface area contributed by atoms with E-state index in [1.165, 1.54) is 0 Å². The molecule has 1 aliphatic heterocycles. The molecule has 0 saturated heterocycles. The summed E-state index contributed by atoms with van der Waals surface area (Å²) in [7, 11) is 0. The summed E-state index contributed by atoms with van der Waals surface area (Å²) in [5, 5.41) is 3.57. The Morgan fingerprint density at radius 2 is 2.07 bits per heavy atom. The topological polar surface area (TPSA) is 61.9 Å². The zero-order valence-electron chi connectivity index (χ0n) is 15.0. The fourth-order valence-corrected chi connectivity index (χ4v) is 4.51. The average Bonchev–Trinajstić information content (AvgIpc) is 3.24. The molecule has 0 atom stereocenters. The molecule has 4 heterocycles. The Kier molecular flexibility index (Phi) is 4.47. The molecule has 3 aromatic heterocycles. The molecular formula is C21H17ClN4OS. The zero-order valence-corrected chi connectivity index (χ0v) is 16.6. The molecule has 5 rings (SSSR count). The molecule has 140 valence electrons. The van der Waals surface area contributed by atoms with Crippen LogP contribution in [-0.2, 0) is 19.5 Å². The number of aromatic amines is 1. The predicted molar refractivity (Wildman–Crippen MR) is 113 cm³/mol. The molecule has 1 aliphatic rings. The van der Waals surface area contributed by atoms with Gasteiger partial charge in [-0.1, -0.05) is 35.9 Å². The highest BCUT2D eigenvalue weighted by Gasteiger charge is 2.22. The molecule has 0 saturated carbocycles. The van der Waals surface area contributed by atoms with Crippen molar-refractivity contribution in [2.75, 3.05) is 6.54 Å². The van der Waals surface area contributed by atoms with Crippen molar-refractivity contribution in [3.05, 3.63) is 80.2 Å². The number of halogens is 1. The van der Waals surface area contributed by atoms with Crippen LogP contribution in [0, 0.1) is 0 Å². The first kappa shape index (κ1) is 17.6. The Labute approximate surface area is 170 Å². The lowest BCUT2D eigenvalue weighted by Crippen LogP contribution is -2.35. The maximum Gasteiger partial charge on any atom is 0.255 e. The highest BCUT2D eigenvalue weighted by molar-refractivity contribution is 7.13. The number of H-pyrrole nitrogens is 1. The number of aromatic nitrogens is 3. The standard InChI is InChI=1S/C21H17ClN4OS/c22-19-14(10-13-4-1-2-5-16(13)23-19)11-26-8-7-17-15(12-26)21(27)25-20(24-17)18-6-3-9-28-18/h1-6,9-10H,7-8,11-12H2,(H,24,25,27). The Hall–Kier alpha value is -2.54. The van der Waals surface area contributed by atoms with Gasteiger partial charge in [-0.25, -0.2) is 9.97 Å². The van der Waals surface area contributed by atoms with Gasteiger partial charge in [0.25, 0.3) is 5.56 Å². The number of nitrogens with one attached hydrogen (secondary N) is 1. The van der Waals surface area contributed by atoms with Crippen molar-refractivity contribution in [1.29, 1.82) is 0 Å². The maximum atomic E-state index is 12.7. The monoisotopic (exact) mass is 408 g/mol. The second-order valence-electron chi connectivity index (χ2n) is 6.91. The molecule has 0 aliphatic carbocycles. The van der Waals surface area contributed by atoms with Crippen LogP contribution in [0.1, 0.15) is 16.8 Å². The van der Waals surface area contributed by atoms with Crippen molar-refractivity contribution < 1.29 is 0 Å². The number of hydrogen-bond donors (Lipinski definition) is 1. The van der Waals surface area contributed by atoms with Crippen molar-refractivity contribution in [2.24, 2.45) is 0 Å². The van der Waals surface area contributed by atoms with E-state index in [4.69, 9.17) is 16.6 Å². The van der Waals surface area contributed by atoms with E-state index < -0.39 is 0 Å². The first-order valence-electron chi connectivity index (χ1n) is 9.10. The molecule has 0 unspecified atom stereocenters. The fourth-order valence-electron chi connectivity index (χ4n) is 3.63. The first-order chi connectivity index (χ1) is 13.7. The van der Waals surface area contributed by atoms with Crippen molar-refractivity contribution in [3.8, 4) is 10.7 Å². The van der Waals surface area contributed by atoms with Crippen LogP contribution in [0.4, 0.5) is 0 Å². The van der Waals surface area contributed by atoms with E-state index in [-0.39, 0.29) is 5.56 Å². The SMILES string of the molecule is O=c1[nH]c(-c2cccs2)nc2c1CN(Cc1cc3ccccc3nc1Cl)CC2. The van der Waals surface area contributed by atoms with E-state index >= 15 is 0 Å². The number of fused-ring (bicyclic) bond motifs is 2. The van der Waals surface area contributed by atoms with E-state index in [9.17, 15) is 4.79 Å². The zero-order chi connectivity index (χ0) is 19.1. The minimum absolute atomic E-state index is 0.0548. The quantitative estimate of drug-likeness (QED) is 0.514. The van der Waals surface area contributed by atoms with Crippen LogP contribution in [0.15, 0.2) is 52.6 Å². The minimum Gasteiger partial charge on any atom is -0.306 e. The summed E-state index contributed by atoms with van der Waals surface area (Å²) in [6, 6.07) is 14.0. The molecule has 1 N–H and O–H groups in total. The van der Waals surface area contributed by atoms with Crippen molar-refractivity contribution in [3.63, 3.8) is 0 Å². The van der Waals surface area contributed by atoms with Crippen molar-refractivity contribution in [1.82, 2.24) is 19.9 Å². The third-order valence-electron chi connectivity index (χ3n) is 5.05. The molecule has 0 fully saturated rings. The van der Waals surface area contributed by atoms with E-state index in [1.54, 1.807) is 11.3 Å². The summed E-state index contributed by atoms with van der Waals surface area (Å²) in [4.78, 5) is 28.0. The van der Waals surface area contributed by atoms with Crippen LogP contribution in [0.3, 0.4) is 0 Å². The smallest absolute Gasteiger partial charge is 0.255 e. The van der Waals surface area contributed by atoms with Crippen LogP contribution in [0.2, 0.25) is 5.15 Å².